The van der Waals surface area contributed by atoms with Crippen LogP contribution in [0.5, 0.6) is 0 Å². The number of esters is 1. The van der Waals surface area contributed by atoms with E-state index in [1.807, 2.05) is 48.5 Å². The lowest BCUT2D eigenvalue weighted by atomic mass is 9.69. The number of hydrogen-bond acceptors (Lipinski definition) is 2. The topological polar surface area (TPSA) is 26.3 Å². The Morgan fingerprint density at radius 1 is 0.825 bits per heavy atom. The van der Waals surface area contributed by atoms with Crippen LogP contribution in [-0.2, 0) is 14.9 Å². The summed E-state index contributed by atoms with van der Waals surface area (Å²) in [6.45, 7) is 10.5. The summed E-state index contributed by atoms with van der Waals surface area (Å²) >= 11 is 0. The lowest BCUT2D eigenvalue weighted by Crippen LogP contribution is -2.26. The number of carbonyl (C=O) groups excluding carboxylic acids is 1. The average molecular weight is 527 g/mol. The van der Waals surface area contributed by atoms with Crippen molar-refractivity contribution in [2.45, 2.75) is 31.6 Å². The predicted octanol–water partition coefficient (Wildman–Crippen LogP) is 9.54. The Hall–Kier alpha value is -4.50. The Labute approximate surface area is 234 Å². The van der Waals surface area contributed by atoms with E-state index in [1.165, 1.54) is 28.3 Å². The van der Waals surface area contributed by atoms with Crippen LogP contribution >= 0.6 is 0 Å². The Morgan fingerprint density at radius 3 is 2.08 bits per heavy atom. The first-order chi connectivity index (χ1) is 19.5. The fourth-order valence-electron chi connectivity index (χ4n) is 6.58. The molecule has 0 radical (unpaired) electrons. The first kappa shape index (κ1) is 25.8. The number of hydrogen-bond donors (Lipinski definition) is 0. The van der Waals surface area contributed by atoms with E-state index in [9.17, 15) is 4.79 Å². The highest BCUT2D eigenvalue weighted by Gasteiger charge is 2.43. The van der Waals surface area contributed by atoms with Crippen molar-refractivity contribution in [3.63, 3.8) is 0 Å². The van der Waals surface area contributed by atoms with Gasteiger partial charge >= 0.3 is 5.97 Å². The van der Waals surface area contributed by atoms with Crippen LogP contribution in [0.4, 0.5) is 4.39 Å². The molecule has 5 aromatic rings. The Balaban J connectivity index is 1.53. The van der Waals surface area contributed by atoms with Gasteiger partial charge in [0.05, 0.1) is 6.61 Å². The molecule has 40 heavy (non-hydrogen) atoms. The minimum absolute atomic E-state index is 0.183. The van der Waals surface area contributed by atoms with Crippen molar-refractivity contribution in [2.24, 2.45) is 0 Å². The Bertz CT molecular complexity index is 1760. The molecule has 0 fully saturated rings. The minimum Gasteiger partial charge on any atom is -0.463 e. The number of unbranched alkanes of at least 4 members (excludes halogenated alkanes) is 1. The monoisotopic (exact) mass is 526 g/mol. The summed E-state index contributed by atoms with van der Waals surface area (Å²) in [5.41, 5.74) is 7.70. The lowest BCUT2D eigenvalue weighted by molar-refractivity contribution is -0.137. The van der Waals surface area contributed by atoms with E-state index in [-0.39, 0.29) is 11.2 Å². The number of rotatable bonds is 8. The van der Waals surface area contributed by atoms with Crippen molar-refractivity contribution in [2.75, 3.05) is 6.61 Å². The van der Waals surface area contributed by atoms with Crippen molar-refractivity contribution >= 4 is 27.5 Å². The van der Waals surface area contributed by atoms with Crippen LogP contribution in [0.1, 0.15) is 37.3 Å². The molecule has 2 nitrogen and oxygen atoms in total. The summed E-state index contributed by atoms with van der Waals surface area (Å²) in [7, 11) is 0. The van der Waals surface area contributed by atoms with Crippen LogP contribution in [0, 0.1) is 5.82 Å². The second-order valence-corrected chi connectivity index (χ2v) is 10.6. The maximum Gasteiger partial charge on any atom is 0.330 e. The third-order valence-corrected chi connectivity index (χ3v) is 8.40. The fourth-order valence-corrected chi connectivity index (χ4v) is 6.58. The standard InChI is InChI=1S/C37H31FO2/c1-4-34(39)40-22-12-11-21-37(24(2)3)32-18-10-9-13-26(32)27-20-19-25(23-33(27)37)35-28-14-5-7-16-30(28)36(38)31-17-8-6-15-29(31)35/h4-10,13-20,23H,1-2,11-12,21-22H2,3H3. The second kappa shape index (κ2) is 10.2. The summed E-state index contributed by atoms with van der Waals surface area (Å²) in [5.74, 6) is -0.577. The molecule has 5 aromatic carbocycles. The molecule has 3 heteroatoms. The van der Waals surface area contributed by atoms with Crippen molar-refractivity contribution in [1.29, 1.82) is 0 Å². The van der Waals surface area contributed by atoms with Crippen molar-refractivity contribution < 1.29 is 13.9 Å². The third kappa shape index (κ3) is 3.96. The number of fused-ring (bicyclic) bond motifs is 5. The molecule has 0 saturated heterocycles. The van der Waals surface area contributed by atoms with Crippen LogP contribution in [0.15, 0.2) is 116 Å². The first-order valence-corrected chi connectivity index (χ1v) is 13.8. The van der Waals surface area contributed by atoms with Crippen molar-refractivity contribution in [3.8, 4) is 22.3 Å². The Kier molecular flexibility index (Phi) is 6.59. The summed E-state index contributed by atoms with van der Waals surface area (Å²) in [6.07, 6.45) is 3.65. The van der Waals surface area contributed by atoms with Crippen LogP contribution < -0.4 is 0 Å². The number of halogens is 1. The average Bonchev–Trinajstić information content (AvgIpc) is 3.27. The van der Waals surface area contributed by atoms with Gasteiger partial charge in [0, 0.05) is 22.3 Å². The zero-order chi connectivity index (χ0) is 27.9. The third-order valence-electron chi connectivity index (χ3n) is 8.40. The van der Waals surface area contributed by atoms with Crippen LogP contribution in [0.25, 0.3) is 43.8 Å². The first-order valence-electron chi connectivity index (χ1n) is 13.8. The molecule has 6 rings (SSSR count). The molecule has 0 N–H and O–H groups in total. The van der Waals surface area contributed by atoms with E-state index in [2.05, 4.69) is 62.5 Å². The highest BCUT2D eigenvalue weighted by molar-refractivity contribution is 6.13. The maximum atomic E-state index is 15.6. The van der Waals surface area contributed by atoms with Gasteiger partial charge in [-0.25, -0.2) is 9.18 Å². The largest absolute Gasteiger partial charge is 0.463 e. The van der Waals surface area contributed by atoms with Gasteiger partial charge in [-0.3, -0.25) is 0 Å². The molecule has 198 valence electrons. The molecule has 0 amide bonds. The van der Waals surface area contributed by atoms with Gasteiger partial charge in [-0.1, -0.05) is 104 Å². The normalized spacial score (nSPS) is 15.6. The van der Waals surface area contributed by atoms with Gasteiger partial charge in [0.2, 0.25) is 0 Å². The fraction of sp³-hybridized carbons (Fsp3) is 0.162. The molecule has 1 atom stereocenters. The van der Waals surface area contributed by atoms with Gasteiger partial charge in [0.25, 0.3) is 0 Å². The highest BCUT2D eigenvalue weighted by atomic mass is 19.1. The number of carbonyl (C=O) groups is 1. The molecule has 1 unspecified atom stereocenters. The molecule has 0 heterocycles. The van der Waals surface area contributed by atoms with Gasteiger partial charge in [0.15, 0.2) is 0 Å². The van der Waals surface area contributed by atoms with E-state index in [0.29, 0.717) is 17.4 Å². The zero-order valence-electron chi connectivity index (χ0n) is 22.7. The van der Waals surface area contributed by atoms with Crippen LogP contribution in [0.2, 0.25) is 0 Å². The van der Waals surface area contributed by atoms with Gasteiger partial charge in [-0.05, 0) is 76.4 Å². The van der Waals surface area contributed by atoms with Crippen LogP contribution in [0.3, 0.4) is 0 Å². The van der Waals surface area contributed by atoms with Crippen molar-refractivity contribution in [3.05, 3.63) is 133 Å². The second-order valence-electron chi connectivity index (χ2n) is 10.6. The molecular formula is C37H31FO2. The van der Waals surface area contributed by atoms with E-state index in [0.717, 1.165) is 46.7 Å². The molecule has 0 saturated carbocycles. The highest BCUT2D eigenvalue weighted by Crippen LogP contribution is 2.56. The van der Waals surface area contributed by atoms with Gasteiger partial charge < -0.3 is 4.74 Å². The number of benzene rings is 5. The Morgan fingerprint density at radius 2 is 1.43 bits per heavy atom. The van der Waals surface area contributed by atoms with E-state index >= 15 is 4.39 Å². The SMILES string of the molecule is C=CC(=O)OCCCCC1(C(=C)C)c2ccccc2-c2ccc(-c3c4ccccc4c(F)c4ccccc34)cc21. The van der Waals surface area contributed by atoms with Crippen LogP contribution in [-0.4, -0.2) is 12.6 Å². The van der Waals surface area contributed by atoms with E-state index in [1.54, 1.807) is 0 Å². The summed E-state index contributed by atoms with van der Waals surface area (Å²) < 4.78 is 20.9. The van der Waals surface area contributed by atoms with Crippen molar-refractivity contribution in [1.82, 2.24) is 0 Å². The summed E-state index contributed by atoms with van der Waals surface area (Å²) in [5, 5.41) is 3.05. The zero-order valence-corrected chi connectivity index (χ0v) is 22.7. The van der Waals surface area contributed by atoms with Gasteiger partial charge in [-0.15, -0.1) is 0 Å². The minimum atomic E-state index is -0.394. The molecule has 0 aliphatic heterocycles. The van der Waals surface area contributed by atoms with E-state index < -0.39 is 5.97 Å². The predicted molar refractivity (Wildman–Crippen MR) is 163 cm³/mol. The van der Waals surface area contributed by atoms with Gasteiger partial charge in [0.1, 0.15) is 5.82 Å². The smallest absolute Gasteiger partial charge is 0.330 e. The lowest BCUT2D eigenvalue weighted by Gasteiger charge is -2.33. The number of allylic oxidation sites excluding steroid dienone is 1. The quantitative estimate of drug-likeness (QED) is 0.0662. The number of ether oxygens (including phenoxy) is 1. The summed E-state index contributed by atoms with van der Waals surface area (Å²) in [4.78, 5) is 11.5. The maximum absolute atomic E-state index is 15.6. The molecule has 1 aliphatic carbocycles. The summed E-state index contributed by atoms with van der Waals surface area (Å²) in [6, 6.07) is 30.7. The molecule has 0 spiro atoms. The molecular weight excluding hydrogens is 495 g/mol. The molecule has 0 aromatic heterocycles. The molecule has 1 aliphatic rings. The van der Waals surface area contributed by atoms with Gasteiger partial charge in [-0.2, -0.15) is 0 Å². The van der Waals surface area contributed by atoms with E-state index in [4.69, 9.17) is 4.74 Å². The molecule has 0 bridgehead atoms.